The van der Waals surface area contributed by atoms with Crippen LogP contribution in [-0.4, -0.2) is 120 Å². The van der Waals surface area contributed by atoms with E-state index in [2.05, 4.69) is 22.2 Å². The second-order valence-corrected chi connectivity index (χ2v) is 12.4. The van der Waals surface area contributed by atoms with E-state index in [9.17, 15) is 19.2 Å². The summed E-state index contributed by atoms with van der Waals surface area (Å²) >= 11 is 1.38. The molecule has 2 saturated heterocycles. The number of carbonyl (C=O) groups is 4. The number of piperazine rings is 1. The van der Waals surface area contributed by atoms with E-state index in [1.807, 2.05) is 37.2 Å². The Balaban J connectivity index is 1.41. The number of benzene rings is 2. The monoisotopic (exact) mass is 649 g/mol. The van der Waals surface area contributed by atoms with Gasteiger partial charge in [-0.25, -0.2) is 14.6 Å². The first kappa shape index (κ1) is 32.7. The fraction of sp³-hybridized carbons (Fsp3) is 0.387. The van der Waals surface area contributed by atoms with Gasteiger partial charge in [-0.3, -0.25) is 14.6 Å². The van der Waals surface area contributed by atoms with E-state index in [1.165, 1.54) is 23.4 Å². The highest BCUT2D eigenvalue weighted by Crippen LogP contribution is 2.32. The number of nitrogens with two attached hydrogens (primary N) is 1. The highest BCUT2D eigenvalue weighted by atomic mass is 32.1. The van der Waals surface area contributed by atoms with Crippen LogP contribution in [0.1, 0.15) is 11.1 Å². The third-order valence-electron chi connectivity index (χ3n) is 7.90. The van der Waals surface area contributed by atoms with Crippen molar-refractivity contribution in [1.29, 1.82) is 0 Å². The Hall–Kier alpha value is -4.73. The fourth-order valence-electron chi connectivity index (χ4n) is 5.74. The van der Waals surface area contributed by atoms with Crippen molar-refractivity contribution in [2.24, 2.45) is 0 Å². The molecule has 0 bridgehead atoms. The number of hydrogen-bond acceptors (Lipinski definition) is 10. The lowest BCUT2D eigenvalue weighted by atomic mass is 9.99. The smallest absolute Gasteiger partial charge is 0.410 e. The van der Waals surface area contributed by atoms with E-state index in [0.29, 0.717) is 24.0 Å². The summed E-state index contributed by atoms with van der Waals surface area (Å²) in [5.41, 5.74) is 8.34. The lowest BCUT2D eigenvalue weighted by molar-refractivity contribution is -0.157. The van der Waals surface area contributed by atoms with Gasteiger partial charge in [0.2, 0.25) is 11.8 Å². The molecule has 5 rings (SSSR count). The number of rotatable bonds is 11. The molecule has 0 radical (unpaired) electrons. The van der Waals surface area contributed by atoms with Crippen molar-refractivity contribution in [3.63, 3.8) is 0 Å². The summed E-state index contributed by atoms with van der Waals surface area (Å²) in [5.74, 6) is -0.127. The molecule has 0 saturated carbocycles. The standard InChI is InChI=1S/C31H39N9O5S/c1-5-14-38(30(43)33-2)39-19-26(41)40-23(16-20-9-11-22(12-10-20)45-31(44)34-13-15-36(3)4)28(42)37(18-25(39)40)17-21-7-6-8-24-27(21)35-29(32)46-24/h5-12,23,25H,1,13-19H2,2-4H3,(H2,32,35)(H,33,43)(H,34,44)/t23-,25+/m0/s1. The van der Waals surface area contributed by atoms with E-state index in [-0.39, 0.29) is 44.4 Å². The maximum Gasteiger partial charge on any atom is 0.412 e. The second-order valence-electron chi connectivity index (χ2n) is 11.3. The summed E-state index contributed by atoms with van der Waals surface area (Å²) < 4.78 is 6.30. The molecular weight excluding hydrogens is 610 g/mol. The third-order valence-corrected chi connectivity index (χ3v) is 8.75. The SMILES string of the molecule is C=CCN(C(=O)NC)N1CC(=O)N2[C@@H](Cc3ccc(OC(=O)NCCN(C)C)cc3)C(=O)N(Cc3cccc4sc(N)nc34)C[C@@H]21. The predicted octanol–water partition coefficient (Wildman–Crippen LogP) is 1.69. The number of urea groups is 1. The number of nitrogen functional groups attached to an aromatic ring is 1. The number of likely N-dealkylation sites (N-methyl/N-ethyl adjacent to an activating group) is 1. The zero-order valence-corrected chi connectivity index (χ0v) is 27.0. The molecule has 46 heavy (non-hydrogen) atoms. The van der Waals surface area contributed by atoms with Gasteiger partial charge in [0.15, 0.2) is 5.13 Å². The van der Waals surface area contributed by atoms with Crippen LogP contribution < -0.4 is 21.1 Å². The van der Waals surface area contributed by atoms with Gasteiger partial charge in [0.25, 0.3) is 0 Å². The Morgan fingerprint density at radius 3 is 2.65 bits per heavy atom. The Morgan fingerprint density at radius 2 is 1.96 bits per heavy atom. The van der Waals surface area contributed by atoms with Crippen molar-refractivity contribution >= 4 is 50.6 Å². The van der Waals surface area contributed by atoms with Gasteiger partial charge in [-0.1, -0.05) is 41.7 Å². The molecule has 0 unspecified atom stereocenters. The summed E-state index contributed by atoms with van der Waals surface area (Å²) in [5, 5.41) is 8.91. The van der Waals surface area contributed by atoms with Crippen LogP contribution in [0, 0.1) is 0 Å². The number of carbonyl (C=O) groups excluding carboxylic acids is 4. The van der Waals surface area contributed by atoms with Gasteiger partial charge < -0.3 is 35.8 Å². The molecule has 244 valence electrons. The van der Waals surface area contributed by atoms with Gasteiger partial charge >= 0.3 is 12.1 Å². The third kappa shape index (κ3) is 7.06. The van der Waals surface area contributed by atoms with Crippen LogP contribution in [0.15, 0.2) is 55.1 Å². The van der Waals surface area contributed by atoms with Crippen LogP contribution >= 0.6 is 11.3 Å². The number of fused-ring (bicyclic) bond motifs is 2. The van der Waals surface area contributed by atoms with Gasteiger partial charge in [0.1, 0.15) is 18.0 Å². The molecule has 2 atom stereocenters. The van der Waals surface area contributed by atoms with Crippen LogP contribution in [-0.2, 0) is 22.6 Å². The van der Waals surface area contributed by atoms with E-state index in [1.54, 1.807) is 45.2 Å². The van der Waals surface area contributed by atoms with E-state index in [0.717, 1.165) is 21.3 Å². The quantitative estimate of drug-likeness (QED) is 0.263. The van der Waals surface area contributed by atoms with E-state index < -0.39 is 24.3 Å². The van der Waals surface area contributed by atoms with Crippen molar-refractivity contribution in [3.8, 4) is 5.75 Å². The average molecular weight is 650 g/mol. The first-order chi connectivity index (χ1) is 22.1. The Bertz CT molecular complexity index is 1610. The van der Waals surface area contributed by atoms with Crippen molar-refractivity contribution in [1.82, 2.24) is 40.3 Å². The normalized spacial score (nSPS) is 18.2. The summed E-state index contributed by atoms with van der Waals surface area (Å²) in [6.45, 7) is 5.43. The molecule has 1 aromatic heterocycles. The van der Waals surface area contributed by atoms with E-state index >= 15 is 0 Å². The van der Waals surface area contributed by atoms with Crippen molar-refractivity contribution < 1.29 is 23.9 Å². The zero-order valence-electron chi connectivity index (χ0n) is 26.1. The first-order valence-electron chi connectivity index (χ1n) is 14.9. The maximum atomic E-state index is 14.2. The highest BCUT2D eigenvalue weighted by Gasteiger charge is 2.52. The molecule has 3 heterocycles. The number of ether oxygens (including phenoxy) is 1. The molecule has 2 aliphatic rings. The summed E-state index contributed by atoms with van der Waals surface area (Å²) in [6, 6.07) is 11.4. The van der Waals surface area contributed by atoms with Crippen LogP contribution in [0.3, 0.4) is 0 Å². The Morgan fingerprint density at radius 1 is 1.20 bits per heavy atom. The molecule has 0 spiro atoms. The minimum Gasteiger partial charge on any atom is -0.410 e. The number of nitrogens with zero attached hydrogens (tertiary/aromatic N) is 6. The lowest BCUT2D eigenvalue weighted by Gasteiger charge is -2.46. The van der Waals surface area contributed by atoms with Gasteiger partial charge in [0, 0.05) is 33.1 Å². The summed E-state index contributed by atoms with van der Waals surface area (Å²) in [4.78, 5) is 62.6. The molecule has 14 nitrogen and oxygen atoms in total. The fourth-order valence-corrected chi connectivity index (χ4v) is 6.53. The van der Waals surface area contributed by atoms with Gasteiger partial charge in [-0.15, -0.1) is 6.58 Å². The minimum absolute atomic E-state index is 0.0720. The predicted molar refractivity (Wildman–Crippen MR) is 175 cm³/mol. The molecule has 15 heteroatoms. The number of amides is 5. The van der Waals surface area contributed by atoms with Crippen molar-refractivity contribution in [2.75, 3.05) is 59.6 Å². The molecule has 2 aromatic carbocycles. The van der Waals surface area contributed by atoms with Crippen molar-refractivity contribution in [2.45, 2.75) is 25.2 Å². The molecule has 5 amide bonds. The average Bonchev–Trinajstić information content (AvgIpc) is 3.57. The number of para-hydroxylation sites is 1. The largest absolute Gasteiger partial charge is 0.412 e. The number of hydrazine groups is 1. The van der Waals surface area contributed by atoms with Crippen LogP contribution in [0.5, 0.6) is 5.75 Å². The molecule has 4 N–H and O–H groups in total. The molecule has 2 fully saturated rings. The lowest BCUT2D eigenvalue weighted by Crippen LogP contribution is -2.65. The van der Waals surface area contributed by atoms with Gasteiger partial charge in [-0.05, 0) is 43.4 Å². The second kappa shape index (κ2) is 14.1. The summed E-state index contributed by atoms with van der Waals surface area (Å²) in [6.07, 6.45) is 0.650. The number of nitrogens with one attached hydrogen (secondary N) is 2. The minimum atomic E-state index is -0.840. The van der Waals surface area contributed by atoms with Gasteiger partial charge in [-0.2, -0.15) is 5.01 Å². The Labute approximate surface area is 271 Å². The van der Waals surface area contributed by atoms with Crippen LogP contribution in [0.25, 0.3) is 10.2 Å². The number of hydrogen-bond donors (Lipinski definition) is 3. The zero-order chi connectivity index (χ0) is 33.0. The number of anilines is 1. The first-order valence-corrected chi connectivity index (χ1v) is 15.7. The molecule has 3 aromatic rings. The molecule has 0 aliphatic carbocycles. The van der Waals surface area contributed by atoms with Gasteiger partial charge in [0.05, 0.1) is 29.9 Å². The van der Waals surface area contributed by atoms with Crippen LogP contribution in [0.4, 0.5) is 14.7 Å². The van der Waals surface area contributed by atoms with E-state index in [4.69, 9.17) is 10.5 Å². The van der Waals surface area contributed by atoms with Crippen molar-refractivity contribution in [3.05, 3.63) is 66.2 Å². The molecular formula is C31H39N9O5S. The highest BCUT2D eigenvalue weighted by molar-refractivity contribution is 7.22. The maximum absolute atomic E-state index is 14.2. The number of aromatic nitrogens is 1. The summed E-state index contributed by atoms with van der Waals surface area (Å²) in [7, 11) is 5.34. The topological polar surface area (TPSA) is 157 Å². The Kier molecular flexibility index (Phi) is 10.0. The van der Waals surface area contributed by atoms with Crippen LogP contribution in [0.2, 0.25) is 0 Å². The molecule has 2 aliphatic heterocycles. The number of thiazole rings is 1.